The summed E-state index contributed by atoms with van der Waals surface area (Å²) in [6.07, 6.45) is -4.34. The van der Waals surface area contributed by atoms with E-state index >= 15 is 0 Å². The Morgan fingerprint density at radius 3 is 2.58 bits per heavy atom. The average molecular weight is 276 g/mol. The van der Waals surface area contributed by atoms with E-state index in [0.717, 1.165) is 12.2 Å². The molecule has 1 N–H and O–H groups in total. The van der Waals surface area contributed by atoms with Crippen LogP contribution in [0.15, 0.2) is 12.1 Å². The molecular weight excluding hydrogens is 257 g/mol. The number of hydrogen-bond acceptors (Lipinski definition) is 3. The Morgan fingerprint density at radius 1 is 1.32 bits per heavy atom. The van der Waals surface area contributed by atoms with Gasteiger partial charge in [0.15, 0.2) is 6.61 Å². The zero-order chi connectivity index (χ0) is 14.5. The molecular formula is C13H19F3N2O. The molecule has 0 saturated carbocycles. The van der Waals surface area contributed by atoms with Crippen LogP contribution in [0.25, 0.3) is 0 Å². The third kappa shape index (κ3) is 6.42. The summed E-state index contributed by atoms with van der Waals surface area (Å²) in [6.45, 7) is 5.77. The highest BCUT2D eigenvalue weighted by Gasteiger charge is 2.28. The Bertz CT molecular complexity index is 405. The number of ether oxygens (including phenoxy) is 1. The van der Waals surface area contributed by atoms with Gasteiger partial charge < -0.3 is 10.1 Å². The molecule has 1 aromatic rings. The van der Waals surface area contributed by atoms with E-state index in [4.69, 9.17) is 4.74 Å². The van der Waals surface area contributed by atoms with Gasteiger partial charge in [-0.15, -0.1) is 0 Å². The zero-order valence-electron chi connectivity index (χ0n) is 11.3. The fourth-order valence-corrected chi connectivity index (χ4v) is 1.49. The zero-order valence-corrected chi connectivity index (χ0v) is 11.3. The second kappa shape index (κ2) is 6.75. The van der Waals surface area contributed by atoms with E-state index in [0.29, 0.717) is 18.2 Å². The second-order valence-corrected chi connectivity index (χ2v) is 4.83. The summed E-state index contributed by atoms with van der Waals surface area (Å²) in [5.41, 5.74) is 1.26. The van der Waals surface area contributed by atoms with E-state index in [1.807, 2.05) is 0 Å². The fourth-order valence-electron chi connectivity index (χ4n) is 1.49. The maximum atomic E-state index is 12.1. The Balaban J connectivity index is 2.68. The highest BCUT2D eigenvalue weighted by atomic mass is 19.4. The molecule has 0 spiro atoms. The van der Waals surface area contributed by atoms with Crippen LogP contribution in [0.2, 0.25) is 0 Å². The van der Waals surface area contributed by atoms with Crippen molar-refractivity contribution in [3.05, 3.63) is 23.5 Å². The number of alkyl halides is 3. The second-order valence-electron chi connectivity index (χ2n) is 4.83. The standard InChI is InChI=1S/C13H19F3N2O/c1-9(2)6-17-7-11-12(5-4-10(3)18-11)19-8-13(14,15)16/h4-5,9,17H,6-8H2,1-3H3. The molecule has 19 heavy (non-hydrogen) atoms. The van der Waals surface area contributed by atoms with Gasteiger partial charge in [0.2, 0.25) is 0 Å². The summed E-state index contributed by atoms with van der Waals surface area (Å²) in [6, 6.07) is 3.16. The molecule has 108 valence electrons. The molecule has 0 bridgehead atoms. The topological polar surface area (TPSA) is 34.1 Å². The molecule has 0 unspecified atom stereocenters. The molecule has 0 aliphatic carbocycles. The molecule has 1 heterocycles. The van der Waals surface area contributed by atoms with Crippen LogP contribution in [0, 0.1) is 12.8 Å². The number of aromatic nitrogens is 1. The fraction of sp³-hybridized carbons (Fsp3) is 0.615. The van der Waals surface area contributed by atoms with Crippen molar-refractivity contribution in [1.82, 2.24) is 10.3 Å². The van der Waals surface area contributed by atoms with Crippen molar-refractivity contribution < 1.29 is 17.9 Å². The van der Waals surface area contributed by atoms with Crippen molar-refractivity contribution in [2.75, 3.05) is 13.2 Å². The van der Waals surface area contributed by atoms with Gasteiger partial charge in [-0.25, -0.2) is 0 Å². The molecule has 1 rings (SSSR count). The van der Waals surface area contributed by atoms with E-state index in [1.165, 1.54) is 6.07 Å². The number of hydrogen-bond donors (Lipinski definition) is 1. The number of halogens is 3. The third-order valence-corrected chi connectivity index (χ3v) is 2.31. The first-order valence-corrected chi connectivity index (χ1v) is 6.14. The molecule has 0 radical (unpaired) electrons. The van der Waals surface area contributed by atoms with Crippen molar-refractivity contribution in [1.29, 1.82) is 0 Å². The van der Waals surface area contributed by atoms with Crippen molar-refractivity contribution in [2.24, 2.45) is 5.92 Å². The summed E-state index contributed by atoms with van der Waals surface area (Å²) in [5, 5.41) is 3.14. The van der Waals surface area contributed by atoms with E-state index < -0.39 is 12.8 Å². The summed E-state index contributed by atoms with van der Waals surface area (Å²) >= 11 is 0. The van der Waals surface area contributed by atoms with Crippen LogP contribution < -0.4 is 10.1 Å². The van der Waals surface area contributed by atoms with Crippen LogP contribution in [0.5, 0.6) is 5.75 Å². The van der Waals surface area contributed by atoms with Crippen molar-refractivity contribution in [3.63, 3.8) is 0 Å². The summed E-state index contributed by atoms with van der Waals surface area (Å²) < 4.78 is 41.2. The van der Waals surface area contributed by atoms with Gasteiger partial charge in [-0.2, -0.15) is 13.2 Å². The van der Waals surface area contributed by atoms with Crippen LogP contribution >= 0.6 is 0 Å². The molecule has 0 saturated heterocycles. The van der Waals surface area contributed by atoms with E-state index in [1.54, 1.807) is 13.0 Å². The van der Waals surface area contributed by atoms with Crippen molar-refractivity contribution >= 4 is 0 Å². The average Bonchev–Trinajstić information content (AvgIpc) is 2.26. The molecule has 0 atom stereocenters. The Labute approximate surface area is 111 Å². The lowest BCUT2D eigenvalue weighted by atomic mass is 10.2. The number of aryl methyl sites for hydroxylation is 1. The summed E-state index contributed by atoms with van der Waals surface area (Å²) in [5.74, 6) is 0.642. The molecule has 0 amide bonds. The number of nitrogens with zero attached hydrogens (tertiary/aromatic N) is 1. The first-order chi connectivity index (χ1) is 8.78. The minimum atomic E-state index is -4.34. The first-order valence-electron chi connectivity index (χ1n) is 6.14. The maximum absolute atomic E-state index is 12.1. The predicted molar refractivity (Wildman–Crippen MR) is 67.1 cm³/mol. The lowest BCUT2D eigenvalue weighted by Gasteiger charge is -2.14. The van der Waals surface area contributed by atoms with Crippen molar-refractivity contribution in [3.8, 4) is 5.75 Å². The monoisotopic (exact) mass is 276 g/mol. The molecule has 1 aromatic heterocycles. The van der Waals surface area contributed by atoms with Gasteiger partial charge in [-0.1, -0.05) is 13.8 Å². The lowest BCUT2D eigenvalue weighted by Crippen LogP contribution is -2.23. The largest absolute Gasteiger partial charge is 0.482 e. The lowest BCUT2D eigenvalue weighted by molar-refractivity contribution is -0.153. The van der Waals surface area contributed by atoms with E-state index in [-0.39, 0.29) is 5.75 Å². The molecule has 6 heteroatoms. The number of rotatable bonds is 6. The van der Waals surface area contributed by atoms with E-state index in [9.17, 15) is 13.2 Å². The highest BCUT2D eigenvalue weighted by molar-refractivity contribution is 5.29. The van der Waals surface area contributed by atoms with Gasteiger partial charge >= 0.3 is 6.18 Å². The van der Waals surface area contributed by atoms with E-state index in [2.05, 4.69) is 24.1 Å². The maximum Gasteiger partial charge on any atom is 0.422 e. The molecule has 0 fully saturated rings. The highest BCUT2D eigenvalue weighted by Crippen LogP contribution is 2.21. The van der Waals surface area contributed by atoms with Gasteiger partial charge in [0.05, 0.1) is 5.69 Å². The number of nitrogens with one attached hydrogen (secondary N) is 1. The van der Waals surface area contributed by atoms with Gasteiger partial charge in [-0.05, 0) is 31.5 Å². The third-order valence-electron chi connectivity index (χ3n) is 2.31. The van der Waals surface area contributed by atoms with Crippen LogP contribution in [0.1, 0.15) is 25.2 Å². The van der Waals surface area contributed by atoms with Crippen molar-refractivity contribution in [2.45, 2.75) is 33.5 Å². The van der Waals surface area contributed by atoms with Gasteiger partial charge in [0.25, 0.3) is 0 Å². The van der Waals surface area contributed by atoms with Crippen LogP contribution in [-0.2, 0) is 6.54 Å². The normalized spacial score (nSPS) is 11.9. The molecule has 0 aliphatic heterocycles. The Kier molecular flexibility index (Phi) is 5.60. The number of pyridine rings is 1. The van der Waals surface area contributed by atoms with Crippen LogP contribution in [0.3, 0.4) is 0 Å². The smallest absolute Gasteiger partial charge is 0.422 e. The minimum absolute atomic E-state index is 0.180. The van der Waals surface area contributed by atoms with Gasteiger partial charge in [-0.3, -0.25) is 4.98 Å². The molecule has 0 aromatic carbocycles. The quantitative estimate of drug-likeness (QED) is 0.867. The Morgan fingerprint density at radius 2 is 2.00 bits per heavy atom. The molecule has 0 aliphatic rings. The first kappa shape index (κ1) is 15.8. The molecule has 3 nitrogen and oxygen atoms in total. The van der Waals surface area contributed by atoms with Crippen LogP contribution in [0.4, 0.5) is 13.2 Å². The van der Waals surface area contributed by atoms with Gasteiger partial charge in [0, 0.05) is 12.2 Å². The summed E-state index contributed by atoms with van der Waals surface area (Å²) in [4.78, 5) is 4.22. The minimum Gasteiger partial charge on any atom is -0.482 e. The summed E-state index contributed by atoms with van der Waals surface area (Å²) in [7, 11) is 0. The SMILES string of the molecule is Cc1ccc(OCC(F)(F)F)c(CNCC(C)C)n1. The van der Waals surface area contributed by atoms with Gasteiger partial charge in [0.1, 0.15) is 5.75 Å². The Hall–Kier alpha value is -1.30. The van der Waals surface area contributed by atoms with Crippen LogP contribution in [-0.4, -0.2) is 24.3 Å². The predicted octanol–water partition coefficient (Wildman–Crippen LogP) is 3.08.